The summed E-state index contributed by atoms with van der Waals surface area (Å²) in [6.07, 6.45) is 3.61. The molecule has 0 saturated carbocycles. The topological polar surface area (TPSA) is 59.4 Å². The highest BCUT2D eigenvalue weighted by atomic mass is 16.5. The van der Waals surface area contributed by atoms with Gasteiger partial charge in [-0.25, -0.2) is 4.79 Å². The molecule has 1 atom stereocenters. The lowest BCUT2D eigenvalue weighted by Gasteiger charge is -2.21. The van der Waals surface area contributed by atoms with Gasteiger partial charge in [-0.15, -0.1) is 0 Å². The number of hydrogen-bond donors (Lipinski definition) is 1. The minimum atomic E-state index is -0.113. The van der Waals surface area contributed by atoms with E-state index in [4.69, 9.17) is 4.74 Å². The fourth-order valence-electron chi connectivity index (χ4n) is 2.08. The van der Waals surface area contributed by atoms with E-state index in [2.05, 4.69) is 10.4 Å². The zero-order valence-electron chi connectivity index (χ0n) is 13.9. The first-order chi connectivity index (χ1) is 11.0. The Labute approximate surface area is 137 Å². The third-order valence-corrected chi connectivity index (χ3v) is 3.43. The third-order valence-electron chi connectivity index (χ3n) is 3.43. The van der Waals surface area contributed by atoms with Gasteiger partial charge < -0.3 is 15.0 Å². The van der Waals surface area contributed by atoms with Crippen LogP contribution >= 0.6 is 0 Å². The molecule has 0 unspecified atom stereocenters. The van der Waals surface area contributed by atoms with Gasteiger partial charge in [-0.2, -0.15) is 5.10 Å². The van der Waals surface area contributed by atoms with E-state index in [-0.39, 0.29) is 12.1 Å². The quantitative estimate of drug-likeness (QED) is 0.852. The van der Waals surface area contributed by atoms with E-state index in [9.17, 15) is 4.79 Å². The van der Waals surface area contributed by atoms with Crippen molar-refractivity contribution < 1.29 is 9.53 Å². The van der Waals surface area contributed by atoms with Crippen LogP contribution in [0.4, 0.5) is 4.79 Å². The van der Waals surface area contributed by atoms with Crippen LogP contribution in [-0.4, -0.2) is 47.0 Å². The van der Waals surface area contributed by atoms with Crippen molar-refractivity contribution in [2.75, 3.05) is 20.2 Å². The van der Waals surface area contributed by atoms with Crippen LogP contribution < -0.4 is 10.1 Å². The number of aryl methyl sites for hydroxylation is 1. The van der Waals surface area contributed by atoms with Crippen molar-refractivity contribution in [3.63, 3.8) is 0 Å². The van der Waals surface area contributed by atoms with Gasteiger partial charge in [0.05, 0.1) is 12.6 Å². The molecule has 0 bridgehead atoms. The average Bonchev–Trinajstić information content (AvgIpc) is 3.04. The first-order valence-corrected chi connectivity index (χ1v) is 7.73. The smallest absolute Gasteiger partial charge is 0.317 e. The molecule has 124 valence electrons. The zero-order valence-corrected chi connectivity index (χ0v) is 13.9. The Bertz CT molecular complexity index is 613. The fourth-order valence-corrected chi connectivity index (χ4v) is 2.08. The number of likely N-dealkylation sites (N-methyl/N-ethyl adjacent to an activating group) is 1. The van der Waals surface area contributed by atoms with E-state index in [0.29, 0.717) is 19.7 Å². The maximum Gasteiger partial charge on any atom is 0.317 e. The molecule has 6 heteroatoms. The Hall–Kier alpha value is -2.50. The van der Waals surface area contributed by atoms with E-state index >= 15 is 0 Å². The highest BCUT2D eigenvalue weighted by molar-refractivity contribution is 5.74. The van der Waals surface area contributed by atoms with Crippen molar-refractivity contribution in [1.29, 1.82) is 0 Å². The maximum atomic E-state index is 12.1. The number of nitrogens with zero attached hydrogens (tertiary/aromatic N) is 3. The Kier molecular flexibility index (Phi) is 6.02. The van der Waals surface area contributed by atoms with Gasteiger partial charge in [-0.05, 0) is 37.6 Å². The Morgan fingerprint density at radius 2 is 2.26 bits per heavy atom. The van der Waals surface area contributed by atoms with Crippen LogP contribution in [0.2, 0.25) is 0 Å². The molecule has 0 radical (unpaired) electrons. The lowest BCUT2D eigenvalue weighted by molar-refractivity contribution is 0.195. The predicted molar refractivity (Wildman–Crippen MR) is 89.5 cm³/mol. The number of aromatic nitrogens is 2. The normalized spacial score (nSPS) is 11.8. The lowest BCUT2D eigenvalue weighted by atomic mass is 10.2. The van der Waals surface area contributed by atoms with Gasteiger partial charge in [0.2, 0.25) is 0 Å². The van der Waals surface area contributed by atoms with Crippen LogP contribution in [0.3, 0.4) is 0 Å². The summed E-state index contributed by atoms with van der Waals surface area (Å²) in [6, 6.07) is 9.55. The van der Waals surface area contributed by atoms with E-state index in [1.165, 1.54) is 0 Å². The number of urea groups is 1. The van der Waals surface area contributed by atoms with Crippen molar-refractivity contribution in [1.82, 2.24) is 20.0 Å². The first kappa shape index (κ1) is 16.9. The molecule has 2 amide bonds. The van der Waals surface area contributed by atoms with Crippen molar-refractivity contribution in [2.45, 2.75) is 26.4 Å². The monoisotopic (exact) mass is 316 g/mol. The molecule has 0 aliphatic heterocycles. The maximum absolute atomic E-state index is 12.1. The van der Waals surface area contributed by atoms with Gasteiger partial charge in [-0.3, -0.25) is 4.68 Å². The summed E-state index contributed by atoms with van der Waals surface area (Å²) in [6.45, 7) is 5.65. The first-order valence-electron chi connectivity index (χ1n) is 7.73. The van der Waals surface area contributed by atoms with Crippen molar-refractivity contribution in [2.24, 2.45) is 0 Å². The second-order valence-electron chi connectivity index (χ2n) is 5.67. The van der Waals surface area contributed by atoms with Crippen LogP contribution in [0, 0.1) is 6.92 Å². The van der Waals surface area contributed by atoms with Crippen LogP contribution in [0.5, 0.6) is 5.75 Å². The summed E-state index contributed by atoms with van der Waals surface area (Å²) < 4.78 is 7.50. The predicted octanol–water partition coefficient (Wildman–Crippen LogP) is 2.30. The number of nitrogens with one attached hydrogen (secondary N) is 1. The van der Waals surface area contributed by atoms with Crippen LogP contribution in [0.1, 0.15) is 12.5 Å². The van der Waals surface area contributed by atoms with Gasteiger partial charge >= 0.3 is 6.03 Å². The van der Waals surface area contributed by atoms with Gasteiger partial charge in [0.15, 0.2) is 0 Å². The molecule has 1 aromatic carbocycles. The summed E-state index contributed by atoms with van der Waals surface area (Å²) in [5.74, 6) is 0.818. The van der Waals surface area contributed by atoms with Crippen LogP contribution in [-0.2, 0) is 6.54 Å². The molecular weight excluding hydrogens is 292 g/mol. The number of rotatable bonds is 7. The van der Waals surface area contributed by atoms with Gasteiger partial charge in [0.25, 0.3) is 0 Å². The molecule has 2 aromatic rings. The SMILES string of the molecule is Cc1cccc(OC[C@@H](C)NC(=O)N(C)CCn2cccn2)c1. The minimum absolute atomic E-state index is 0.0739. The third kappa shape index (κ3) is 5.65. The molecule has 1 heterocycles. The highest BCUT2D eigenvalue weighted by Gasteiger charge is 2.12. The molecule has 23 heavy (non-hydrogen) atoms. The molecule has 0 spiro atoms. The Morgan fingerprint density at radius 3 is 2.96 bits per heavy atom. The van der Waals surface area contributed by atoms with E-state index in [1.807, 2.05) is 50.4 Å². The standard InChI is InChI=1S/C17H24N4O2/c1-14-6-4-7-16(12-14)23-13-15(2)19-17(22)20(3)10-11-21-9-5-8-18-21/h4-9,12,15H,10-11,13H2,1-3H3,(H,19,22)/t15-/m1/s1. The van der Waals surface area contributed by atoms with Crippen molar-refractivity contribution >= 4 is 6.03 Å². The molecule has 2 rings (SSSR count). The molecule has 0 aliphatic carbocycles. The number of carbonyl (C=O) groups excluding carboxylic acids is 1. The summed E-state index contributed by atoms with van der Waals surface area (Å²) in [5.41, 5.74) is 1.15. The molecule has 0 saturated heterocycles. The molecule has 0 fully saturated rings. The average molecular weight is 316 g/mol. The summed E-state index contributed by atoms with van der Waals surface area (Å²) in [5, 5.41) is 7.04. The number of amides is 2. The number of carbonyl (C=O) groups is 1. The number of ether oxygens (including phenoxy) is 1. The van der Waals surface area contributed by atoms with Gasteiger partial charge in [0.1, 0.15) is 12.4 Å². The van der Waals surface area contributed by atoms with E-state index < -0.39 is 0 Å². The molecule has 0 aliphatic rings. The number of benzene rings is 1. The minimum Gasteiger partial charge on any atom is -0.491 e. The summed E-state index contributed by atoms with van der Waals surface area (Å²) in [4.78, 5) is 13.8. The summed E-state index contributed by atoms with van der Waals surface area (Å²) >= 11 is 0. The summed E-state index contributed by atoms with van der Waals surface area (Å²) in [7, 11) is 1.77. The molecule has 6 nitrogen and oxygen atoms in total. The fraction of sp³-hybridized carbons (Fsp3) is 0.412. The van der Waals surface area contributed by atoms with E-state index in [0.717, 1.165) is 11.3 Å². The van der Waals surface area contributed by atoms with E-state index in [1.54, 1.807) is 22.8 Å². The van der Waals surface area contributed by atoms with Crippen molar-refractivity contribution in [3.05, 3.63) is 48.3 Å². The van der Waals surface area contributed by atoms with Gasteiger partial charge in [0, 0.05) is 26.0 Å². The van der Waals surface area contributed by atoms with Gasteiger partial charge in [-0.1, -0.05) is 12.1 Å². The Morgan fingerprint density at radius 1 is 1.43 bits per heavy atom. The van der Waals surface area contributed by atoms with Crippen LogP contribution in [0.15, 0.2) is 42.7 Å². The number of hydrogen-bond acceptors (Lipinski definition) is 3. The molecule has 1 aromatic heterocycles. The lowest BCUT2D eigenvalue weighted by Crippen LogP contribution is -2.45. The van der Waals surface area contributed by atoms with Crippen LogP contribution in [0.25, 0.3) is 0 Å². The second-order valence-corrected chi connectivity index (χ2v) is 5.67. The largest absolute Gasteiger partial charge is 0.491 e. The Balaban J connectivity index is 1.71. The highest BCUT2D eigenvalue weighted by Crippen LogP contribution is 2.12. The molecule has 1 N–H and O–H groups in total. The van der Waals surface area contributed by atoms with Crippen molar-refractivity contribution in [3.8, 4) is 5.75 Å². The second kappa shape index (κ2) is 8.22. The molecular formula is C17H24N4O2. The zero-order chi connectivity index (χ0) is 16.7.